The Labute approximate surface area is 110 Å². The summed E-state index contributed by atoms with van der Waals surface area (Å²) in [5.74, 6) is 2.83. The van der Waals surface area contributed by atoms with Crippen LogP contribution in [0.15, 0.2) is 0 Å². The molecule has 0 amide bonds. The molecule has 1 heterocycles. The first-order chi connectivity index (χ1) is 8.83. The molecule has 0 bridgehead atoms. The Kier molecular flexibility index (Phi) is 3.72. The highest BCUT2D eigenvalue weighted by atomic mass is 32.2. The van der Waals surface area contributed by atoms with Gasteiger partial charge < -0.3 is 0 Å². The first-order valence-electron chi connectivity index (χ1n) is 6.94. The molecule has 0 N–H and O–H groups in total. The SMILES string of the molecule is O=[S@](Cc1nnnn1C1CC1)CC1CCCCC1. The summed E-state index contributed by atoms with van der Waals surface area (Å²) in [6, 6.07) is 0.474. The maximum absolute atomic E-state index is 12.2. The second kappa shape index (κ2) is 5.47. The summed E-state index contributed by atoms with van der Waals surface area (Å²) < 4.78 is 14.0. The molecule has 1 aromatic rings. The summed E-state index contributed by atoms with van der Waals surface area (Å²) in [4.78, 5) is 0. The van der Waals surface area contributed by atoms with Gasteiger partial charge in [-0.2, -0.15) is 0 Å². The molecule has 0 saturated heterocycles. The quantitative estimate of drug-likeness (QED) is 0.817. The minimum Gasteiger partial charge on any atom is -0.259 e. The molecule has 6 heteroatoms. The predicted molar refractivity (Wildman–Crippen MR) is 69.4 cm³/mol. The maximum Gasteiger partial charge on any atom is 0.164 e. The Morgan fingerprint density at radius 3 is 2.67 bits per heavy atom. The summed E-state index contributed by atoms with van der Waals surface area (Å²) in [5, 5.41) is 11.7. The lowest BCUT2D eigenvalue weighted by molar-refractivity contribution is 0.388. The van der Waals surface area contributed by atoms with Crippen LogP contribution in [0.1, 0.15) is 56.8 Å². The molecule has 0 aromatic carbocycles. The molecule has 1 aromatic heterocycles. The average molecular weight is 268 g/mol. The van der Waals surface area contributed by atoms with Gasteiger partial charge in [-0.05, 0) is 42.0 Å². The van der Waals surface area contributed by atoms with Gasteiger partial charge in [0.25, 0.3) is 0 Å². The predicted octanol–water partition coefficient (Wildman–Crippen LogP) is 1.84. The summed E-state index contributed by atoms with van der Waals surface area (Å²) >= 11 is 0. The van der Waals surface area contributed by atoms with E-state index in [9.17, 15) is 4.21 Å². The van der Waals surface area contributed by atoms with E-state index in [4.69, 9.17) is 0 Å². The van der Waals surface area contributed by atoms with E-state index in [1.54, 1.807) is 0 Å². The van der Waals surface area contributed by atoms with Crippen molar-refractivity contribution >= 4 is 10.8 Å². The fourth-order valence-corrected chi connectivity index (χ4v) is 4.18. The van der Waals surface area contributed by atoms with Crippen molar-refractivity contribution < 1.29 is 4.21 Å². The normalized spacial score (nSPS) is 23.1. The highest BCUT2D eigenvalue weighted by molar-refractivity contribution is 7.84. The van der Waals surface area contributed by atoms with Crippen molar-refractivity contribution in [2.45, 2.75) is 56.7 Å². The van der Waals surface area contributed by atoms with Crippen LogP contribution in [0.25, 0.3) is 0 Å². The monoisotopic (exact) mass is 268 g/mol. The zero-order valence-electron chi connectivity index (χ0n) is 10.6. The number of hydrogen-bond donors (Lipinski definition) is 0. The van der Waals surface area contributed by atoms with Crippen LogP contribution in [0.2, 0.25) is 0 Å². The fourth-order valence-electron chi connectivity index (χ4n) is 2.73. The van der Waals surface area contributed by atoms with Crippen molar-refractivity contribution in [1.82, 2.24) is 20.2 Å². The second-order valence-electron chi connectivity index (χ2n) is 5.53. The molecule has 2 aliphatic rings. The second-order valence-corrected chi connectivity index (χ2v) is 7.03. The van der Waals surface area contributed by atoms with Gasteiger partial charge in [0.1, 0.15) is 0 Å². The average Bonchev–Trinajstić information content (AvgIpc) is 3.12. The molecule has 3 rings (SSSR count). The molecule has 2 saturated carbocycles. The van der Waals surface area contributed by atoms with Crippen LogP contribution >= 0.6 is 0 Å². The zero-order chi connectivity index (χ0) is 12.4. The Morgan fingerprint density at radius 1 is 1.17 bits per heavy atom. The van der Waals surface area contributed by atoms with Crippen LogP contribution in [0.4, 0.5) is 0 Å². The van der Waals surface area contributed by atoms with Crippen molar-refractivity contribution in [2.75, 3.05) is 5.75 Å². The first-order valence-corrected chi connectivity index (χ1v) is 8.43. The summed E-state index contributed by atoms with van der Waals surface area (Å²) in [6.45, 7) is 0. The number of nitrogens with zero attached hydrogens (tertiary/aromatic N) is 4. The third-order valence-corrected chi connectivity index (χ3v) is 5.31. The summed E-state index contributed by atoms with van der Waals surface area (Å²) in [6.07, 6.45) is 8.78. The van der Waals surface area contributed by atoms with E-state index in [0.717, 1.165) is 24.4 Å². The van der Waals surface area contributed by atoms with Gasteiger partial charge in [-0.15, -0.1) is 5.10 Å². The fraction of sp³-hybridized carbons (Fsp3) is 0.917. The molecule has 0 spiro atoms. The van der Waals surface area contributed by atoms with Gasteiger partial charge in [-0.3, -0.25) is 4.21 Å². The minimum absolute atomic E-state index is 0.474. The zero-order valence-corrected chi connectivity index (χ0v) is 11.4. The molecular formula is C12H20N4OS. The molecule has 1 atom stereocenters. The van der Waals surface area contributed by atoms with Gasteiger partial charge >= 0.3 is 0 Å². The third kappa shape index (κ3) is 2.96. The van der Waals surface area contributed by atoms with Crippen molar-refractivity contribution in [3.05, 3.63) is 5.82 Å². The van der Waals surface area contributed by atoms with Crippen LogP contribution in [-0.2, 0) is 16.6 Å². The van der Waals surface area contributed by atoms with Gasteiger partial charge in [0.2, 0.25) is 0 Å². The van der Waals surface area contributed by atoms with E-state index in [2.05, 4.69) is 15.5 Å². The van der Waals surface area contributed by atoms with Gasteiger partial charge in [0.15, 0.2) is 5.82 Å². The van der Waals surface area contributed by atoms with Crippen LogP contribution in [-0.4, -0.2) is 30.2 Å². The number of aromatic nitrogens is 4. The number of tetrazole rings is 1. The maximum atomic E-state index is 12.2. The number of rotatable bonds is 5. The van der Waals surface area contributed by atoms with E-state index in [1.165, 1.54) is 32.1 Å². The lowest BCUT2D eigenvalue weighted by atomic mass is 9.91. The molecule has 18 heavy (non-hydrogen) atoms. The van der Waals surface area contributed by atoms with Crippen LogP contribution in [0.5, 0.6) is 0 Å². The summed E-state index contributed by atoms with van der Waals surface area (Å²) in [5.41, 5.74) is 0. The Balaban J connectivity index is 1.54. The Hall–Kier alpha value is -0.780. The molecule has 0 unspecified atom stereocenters. The highest BCUT2D eigenvalue weighted by Gasteiger charge is 2.28. The van der Waals surface area contributed by atoms with E-state index in [0.29, 0.717) is 17.7 Å². The lowest BCUT2D eigenvalue weighted by Gasteiger charge is -2.20. The van der Waals surface area contributed by atoms with Gasteiger partial charge in [0, 0.05) is 16.6 Å². The largest absolute Gasteiger partial charge is 0.259 e. The van der Waals surface area contributed by atoms with Crippen molar-refractivity contribution in [3.8, 4) is 0 Å². The first kappa shape index (κ1) is 12.3. The van der Waals surface area contributed by atoms with E-state index in [1.807, 2.05) is 4.68 Å². The standard InChI is InChI=1S/C12H20N4OS/c17-18(8-10-4-2-1-3-5-10)9-12-13-14-15-16(12)11-6-7-11/h10-11H,1-9H2/t18-/m0/s1. The van der Waals surface area contributed by atoms with Crippen LogP contribution < -0.4 is 0 Å². The molecular weight excluding hydrogens is 248 g/mol. The molecule has 2 fully saturated rings. The molecule has 0 aliphatic heterocycles. The molecule has 2 aliphatic carbocycles. The Morgan fingerprint density at radius 2 is 1.94 bits per heavy atom. The van der Waals surface area contributed by atoms with Crippen LogP contribution in [0, 0.1) is 5.92 Å². The molecule has 100 valence electrons. The van der Waals surface area contributed by atoms with E-state index in [-0.39, 0.29) is 0 Å². The molecule has 5 nitrogen and oxygen atoms in total. The number of hydrogen-bond acceptors (Lipinski definition) is 4. The molecule has 0 radical (unpaired) electrons. The summed E-state index contributed by atoms with van der Waals surface area (Å²) in [7, 11) is -0.809. The van der Waals surface area contributed by atoms with Gasteiger partial charge in [-0.25, -0.2) is 4.68 Å². The van der Waals surface area contributed by atoms with E-state index < -0.39 is 10.8 Å². The van der Waals surface area contributed by atoms with Gasteiger partial charge in [0.05, 0.1) is 11.8 Å². The Bertz CT molecular complexity index is 423. The topological polar surface area (TPSA) is 60.7 Å². The van der Waals surface area contributed by atoms with Crippen molar-refractivity contribution in [3.63, 3.8) is 0 Å². The van der Waals surface area contributed by atoms with Crippen molar-refractivity contribution in [1.29, 1.82) is 0 Å². The van der Waals surface area contributed by atoms with Crippen LogP contribution in [0.3, 0.4) is 0 Å². The van der Waals surface area contributed by atoms with Gasteiger partial charge in [-0.1, -0.05) is 19.3 Å². The third-order valence-electron chi connectivity index (χ3n) is 3.89. The van der Waals surface area contributed by atoms with E-state index >= 15 is 0 Å². The lowest BCUT2D eigenvalue weighted by Crippen LogP contribution is -2.17. The smallest absolute Gasteiger partial charge is 0.164 e. The minimum atomic E-state index is -0.809. The van der Waals surface area contributed by atoms with Crippen molar-refractivity contribution in [2.24, 2.45) is 5.92 Å². The highest BCUT2D eigenvalue weighted by Crippen LogP contribution is 2.34.